The van der Waals surface area contributed by atoms with Gasteiger partial charge in [0.2, 0.25) is 0 Å². The molecule has 1 aliphatic heterocycles. The molecular formula is C21H24N3O10P. The maximum absolute atomic E-state index is 13.5. The molecule has 2 heterocycles. The second-order valence-electron chi connectivity index (χ2n) is 7.43. The maximum Gasteiger partial charge on any atom is 0.459 e. The van der Waals surface area contributed by atoms with Crippen LogP contribution in [0, 0.1) is 6.92 Å². The number of carboxylic acid groups (broad SMARTS) is 1. The molecule has 0 aliphatic carbocycles. The van der Waals surface area contributed by atoms with Crippen LogP contribution in [-0.4, -0.2) is 52.5 Å². The van der Waals surface area contributed by atoms with Gasteiger partial charge in [-0.05, 0) is 25.1 Å². The number of rotatable bonds is 11. The molecule has 1 unspecified atom stereocenters. The summed E-state index contributed by atoms with van der Waals surface area (Å²) in [5.41, 5.74) is -0.885. The zero-order valence-electron chi connectivity index (χ0n) is 18.8. The third-order valence-corrected chi connectivity index (χ3v) is 6.35. The molecule has 4 atom stereocenters. The average Bonchev–Trinajstić information content (AvgIpc) is 3.28. The normalized spacial score (nSPS) is 19.6. The van der Waals surface area contributed by atoms with E-state index in [0.29, 0.717) is 5.56 Å². The first-order chi connectivity index (χ1) is 16.6. The van der Waals surface area contributed by atoms with Crippen molar-refractivity contribution in [2.45, 2.75) is 31.7 Å². The highest BCUT2D eigenvalue weighted by Crippen LogP contribution is 2.45. The predicted octanol–water partition coefficient (Wildman–Crippen LogP) is 1.11. The van der Waals surface area contributed by atoms with Gasteiger partial charge in [0.25, 0.3) is 5.56 Å². The van der Waals surface area contributed by atoms with Crippen molar-refractivity contribution in [1.82, 2.24) is 14.6 Å². The number of aromatic amines is 1. The van der Waals surface area contributed by atoms with Gasteiger partial charge in [-0.25, -0.2) is 9.36 Å². The second kappa shape index (κ2) is 11.3. The summed E-state index contributed by atoms with van der Waals surface area (Å²) in [6.45, 7) is 1.19. The fraction of sp³-hybridized carbons (Fsp3) is 0.333. The SMILES string of the molecule is COC(=O)[C@H](CC(=O)O)NP(=O)(OC[C@@H]1C=C[C@H](n2cc(C)c(=O)[nH]c2=O)O1)Oc1ccccc1. The lowest BCUT2D eigenvalue weighted by Crippen LogP contribution is -2.39. The topological polar surface area (TPSA) is 175 Å². The highest BCUT2D eigenvalue weighted by molar-refractivity contribution is 7.52. The number of H-pyrrole nitrogens is 1. The van der Waals surface area contributed by atoms with Crippen LogP contribution in [0.3, 0.4) is 0 Å². The summed E-state index contributed by atoms with van der Waals surface area (Å²) in [5, 5.41) is 11.4. The molecule has 1 aromatic heterocycles. The van der Waals surface area contributed by atoms with E-state index in [9.17, 15) is 23.7 Å². The van der Waals surface area contributed by atoms with Crippen molar-refractivity contribution < 1.29 is 37.8 Å². The molecule has 0 saturated carbocycles. The molecule has 0 fully saturated rings. The van der Waals surface area contributed by atoms with E-state index in [2.05, 4.69) is 14.8 Å². The molecular weight excluding hydrogens is 485 g/mol. The van der Waals surface area contributed by atoms with E-state index >= 15 is 0 Å². The number of carbonyl (C=O) groups is 2. The Hall–Kier alpha value is -3.51. The van der Waals surface area contributed by atoms with Crippen LogP contribution in [0.1, 0.15) is 18.2 Å². The van der Waals surface area contributed by atoms with E-state index in [1.807, 2.05) is 0 Å². The first-order valence-corrected chi connectivity index (χ1v) is 11.9. The summed E-state index contributed by atoms with van der Waals surface area (Å²) < 4.78 is 35.9. The standard InChI is InChI=1S/C21H24N3O10P/c1-13-11-24(21(29)22-19(13)27)17-9-8-15(33-17)12-32-35(30,34-14-6-4-3-5-7-14)23-16(10-18(25)26)20(28)31-2/h3-9,11,15-17H,10,12H2,1-2H3,(H,23,30)(H,25,26)(H,22,27,29)/t15-,16-,17+,35?/m0/s1. The number of benzene rings is 1. The van der Waals surface area contributed by atoms with E-state index in [1.165, 1.54) is 29.8 Å². The Bertz CT molecular complexity index is 1260. The lowest BCUT2D eigenvalue weighted by atomic mass is 10.2. The van der Waals surface area contributed by atoms with Crippen molar-refractivity contribution in [3.63, 3.8) is 0 Å². The average molecular weight is 509 g/mol. The minimum atomic E-state index is -4.33. The van der Waals surface area contributed by atoms with Gasteiger partial charge in [-0.15, -0.1) is 0 Å². The number of aliphatic carboxylic acids is 1. The number of hydrogen-bond acceptors (Lipinski definition) is 9. The predicted molar refractivity (Wildman–Crippen MR) is 121 cm³/mol. The number of nitrogens with one attached hydrogen (secondary N) is 2. The van der Waals surface area contributed by atoms with Crippen molar-refractivity contribution in [3.8, 4) is 5.75 Å². The number of hydrogen-bond donors (Lipinski definition) is 3. The monoisotopic (exact) mass is 509 g/mol. The zero-order valence-corrected chi connectivity index (χ0v) is 19.7. The molecule has 1 aliphatic rings. The number of nitrogens with zero attached hydrogens (tertiary/aromatic N) is 1. The molecule has 3 N–H and O–H groups in total. The second-order valence-corrected chi connectivity index (χ2v) is 9.12. The molecule has 0 saturated heterocycles. The number of para-hydroxylation sites is 1. The van der Waals surface area contributed by atoms with Crippen LogP contribution in [0.25, 0.3) is 0 Å². The van der Waals surface area contributed by atoms with Crippen molar-refractivity contribution >= 4 is 19.7 Å². The Kier molecular flexibility index (Phi) is 8.41. The smallest absolute Gasteiger partial charge is 0.459 e. The molecule has 0 bridgehead atoms. The Morgan fingerprint density at radius 3 is 2.63 bits per heavy atom. The molecule has 0 spiro atoms. The number of ether oxygens (including phenoxy) is 2. The van der Waals surface area contributed by atoms with Gasteiger partial charge in [0, 0.05) is 11.8 Å². The van der Waals surface area contributed by atoms with E-state index in [1.54, 1.807) is 30.4 Å². The van der Waals surface area contributed by atoms with Crippen LogP contribution in [0.2, 0.25) is 0 Å². The third kappa shape index (κ3) is 6.99. The van der Waals surface area contributed by atoms with Crippen LogP contribution in [-0.2, 0) is 28.2 Å². The van der Waals surface area contributed by atoms with Crippen molar-refractivity contribution in [1.29, 1.82) is 0 Å². The third-order valence-electron chi connectivity index (χ3n) is 4.78. The largest absolute Gasteiger partial charge is 0.481 e. The summed E-state index contributed by atoms with van der Waals surface area (Å²) in [6, 6.07) is 6.40. The molecule has 0 radical (unpaired) electrons. The summed E-state index contributed by atoms with van der Waals surface area (Å²) in [4.78, 5) is 49.1. The Morgan fingerprint density at radius 1 is 1.26 bits per heavy atom. The lowest BCUT2D eigenvalue weighted by Gasteiger charge is -2.24. The van der Waals surface area contributed by atoms with Crippen LogP contribution in [0.5, 0.6) is 5.75 Å². The first kappa shape index (κ1) is 26.1. The Morgan fingerprint density at radius 2 is 1.97 bits per heavy atom. The number of carboxylic acids is 1. The molecule has 14 heteroatoms. The van der Waals surface area contributed by atoms with Gasteiger partial charge in [-0.3, -0.25) is 28.5 Å². The molecule has 13 nitrogen and oxygen atoms in total. The molecule has 2 aromatic rings. The quantitative estimate of drug-likeness (QED) is 0.225. The fourth-order valence-corrected chi connectivity index (χ4v) is 4.59. The molecule has 0 amide bonds. The highest BCUT2D eigenvalue weighted by atomic mass is 31.2. The minimum Gasteiger partial charge on any atom is -0.481 e. The van der Waals surface area contributed by atoms with E-state index in [4.69, 9.17) is 18.9 Å². The molecule has 3 rings (SSSR count). The van der Waals surface area contributed by atoms with Gasteiger partial charge >= 0.3 is 25.4 Å². The maximum atomic E-state index is 13.5. The number of aryl methyl sites for hydroxylation is 1. The van der Waals surface area contributed by atoms with Crippen LogP contribution in [0.4, 0.5) is 0 Å². The Balaban J connectivity index is 1.75. The van der Waals surface area contributed by atoms with Crippen LogP contribution >= 0.6 is 7.75 Å². The zero-order chi connectivity index (χ0) is 25.6. The minimum absolute atomic E-state index is 0.137. The van der Waals surface area contributed by atoms with Gasteiger partial charge in [-0.1, -0.05) is 24.3 Å². The highest BCUT2D eigenvalue weighted by Gasteiger charge is 2.37. The lowest BCUT2D eigenvalue weighted by molar-refractivity contribution is -0.147. The number of carbonyl (C=O) groups excluding carboxylic acids is 1. The number of esters is 1. The van der Waals surface area contributed by atoms with Crippen LogP contribution < -0.4 is 20.9 Å². The molecule has 1 aromatic carbocycles. The molecule has 188 valence electrons. The first-order valence-electron chi connectivity index (χ1n) is 10.3. The van der Waals surface area contributed by atoms with Crippen LogP contribution in [0.15, 0.2) is 58.3 Å². The van der Waals surface area contributed by atoms with E-state index < -0.39 is 55.7 Å². The van der Waals surface area contributed by atoms with Gasteiger partial charge in [-0.2, -0.15) is 5.09 Å². The molecule has 35 heavy (non-hydrogen) atoms. The van der Waals surface area contributed by atoms with Gasteiger partial charge in [0.1, 0.15) is 17.9 Å². The number of aromatic nitrogens is 2. The van der Waals surface area contributed by atoms with Crippen molar-refractivity contribution in [3.05, 3.63) is 75.1 Å². The number of methoxy groups -OCH3 is 1. The van der Waals surface area contributed by atoms with Crippen molar-refractivity contribution in [2.24, 2.45) is 0 Å². The van der Waals surface area contributed by atoms with Crippen molar-refractivity contribution in [2.75, 3.05) is 13.7 Å². The van der Waals surface area contributed by atoms with E-state index in [0.717, 1.165) is 7.11 Å². The van der Waals surface area contributed by atoms with Gasteiger partial charge in [0.05, 0.1) is 20.1 Å². The summed E-state index contributed by atoms with van der Waals surface area (Å²) in [7, 11) is -3.28. The summed E-state index contributed by atoms with van der Waals surface area (Å²) in [5.74, 6) is -2.18. The summed E-state index contributed by atoms with van der Waals surface area (Å²) >= 11 is 0. The van der Waals surface area contributed by atoms with Gasteiger partial charge in [0.15, 0.2) is 6.23 Å². The summed E-state index contributed by atoms with van der Waals surface area (Å²) in [6.07, 6.45) is 2.06. The van der Waals surface area contributed by atoms with Gasteiger partial charge < -0.3 is 19.1 Å². The Labute approximate surface area is 198 Å². The van der Waals surface area contributed by atoms with E-state index in [-0.39, 0.29) is 12.4 Å². The fourth-order valence-electron chi connectivity index (χ4n) is 3.09.